The van der Waals surface area contributed by atoms with Crippen LogP contribution in [0.15, 0.2) is 41.2 Å². The van der Waals surface area contributed by atoms with E-state index in [1.807, 2.05) is 53.9 Å². The fourth-order valence-electron chi connectivity index (χ4n) is 3.66. The van der Waals surface area contributed by atoms with Crippen molar-refractivity contribution < 1.29 is 14.1 Å². The number of carbonyl (C=O) groups is 1. The molecule has 0 aromatic carbocycles. The van der Waals surface area contributed by atoms with Crippen molar-refractivity contribution in [1.82, 2.24) is 24.8 Å². The van der Waals surface area contributed by atoms with Crippen molar-refractivity contribution in [2.75, 3.05) is 19.7 Å². The molecule has 8 nitrogen and oxygen atoms in total. The van der Waals surface area contributed by atoms with Crippen molar-refractivity contribution in [2.24, 2.45) is 0 Å². The highest BCUT2D eigenvalue weighted by Gasteiger charge is 2.26. The van der Waals surface area contributed by atoms with Gasteiger partial charge in [0.2, 0.25) is 5.91 Å². The summed E-state index contributed by atoms with van der Waals surface area (Å²) in [5.74, 6) is 0.887. The Morgan fingerprint density at radius 2 is 2.17 bits per heavy atom. The molecule has 1 saturated heterocycles. The zero-order valence-corrected chi connectivity index (χ0v) is 16.7. The summed E-state index contributed by atoms with van der Waals surface area (Å²) in [4.78, 5) is 19.3. The van der Waals surface area contributed by atoms with Gasteiger partial charge in [0.05, 0.1) is 35.8 Å². The van der Waals surface area contributed by atoms with E-state index in [2.05, 4.69) is 10.3 Å². The summed E-state index contributed by atoms with van der Waals surface area (Å²) in [5.41, 5.74) is 3.35. The predicted molar refractivity (Wildman–Crippen MR) is 106 cm³/mol. The Kier molecular flexibility index (Phi) is 5.71. The van der Waals surface area contributed by atoms with Gasteiger partial charge in [0.25, 0.3) is 0 Å². The van der Waals surface area contributed by atoms with Gasteiger partial charge in [-0.1, -0.05) is 11.2 Å². The van der Waals surface area contributed by atoms with Gasteiger partial charge in [-0.15, -0.1) is 0 Å². The maximum atomic E-state index is 12.6. The molecule has 0 unspecified atom stereocenters. The van der Waals surface area contributed by atoms with Crippen LogP contribution in [0, 0.1) is 13.8 Å². The van der Waals surface area contributed by atoms with Crippen LogP contribution in [-0.2, 0) is 16.1 Å². The van der Waals surface area contributed by atoms with E-state index in [4.69, 9.17) is 14.2 Å². The molecule has 3 aromatic heterocycles. The molecule has 0 bridgehead atoms. The normalized spacial score (nSPS) is 16.9. The SMILES string of the molecule is Cc1noc(C)c1-c1cccc([C@@H]2CN(C(=O)CCCn3cccn3)CCO2)n1. The molecule has 8 heteroatoms. The van der Waals surface area contributed by atoms with Crippen molar-refractivity contribution >= 4 is 5.91 Å². The lowest BCUT2D eigenvalue weighted by molar-refractivity contribution is -0.139. The summed E-state index contributed by atoms with van der Waals surface area (Å²) >= 11 is 0. The first-order valence-corrected chi connectivity index (χ1v) is 9.89. The van der Waals surface area contributed by atoms with Crippen molar-refractivity contribution in [1.29, 1.82) is 0 Å². The number of nitrogens with zero attached hydrogens (tertiary/aromatic N) is 5. The average Bonchev–Trinajstić information content (AvgIpc) is 3.37. The number of aromatic nitrogens is 4. The third-order valence-electron chi connectivity index (χ3n) is 5.15. The first kappa shape index (κ1) is 19.3. The molecule has 1 atom stereocenters. The van der Waals surface area contributed by atoms with Crippen LogP contribution in [0.2, 0.25) is 0 Å². The van der Waals surface area contributed by atoms with Gasteiger partial charge in [0.1, 0.15) is 11.9 Å². The maximum absolute atomic E-state index is 12.6. The molecule has 4 rings (SSSR count). The van der Waals surface area contributed by atoms with E-state index in [0.717, 1.165) is 41.4 Å². The van der Waals surface area contributed by atoms with E-state index in [0.29, 0.717) is 26.1 Å². The van der Waals surface area contributed by atoms with E-state index < -0.39 is 0 Å². The molecule has 3 aromatic rings. The maximum Gasteiger partial charge on any atom is 0.222 e. The molecule has 152 valence electrons. The van der Waals surface area contributed by atoms with Crippen LogP contribution in [-0.4, -0.2) is 50.4 Å². The monoisotopic (exact) mass is 395 g/mol. The lowest BCUT2D eigenvalue weighted by Gasteiger charge is -2.33. The Morgan fingerprint density at radius 1 is 1.28 bits per heavy atom. The highest BCUT2D eigenvalue weighted by atomic mass is 16.5. The highest BCUT2D eigenvalue weighted by Crippen LogP contribution is 2.28. The number of morpholine rings is 1. The molecule has 0 aliphatic carbocycles. The van der Waals surface area contributed by atoms with Gasteiger partial charge in [0, 0.05) is 31.9 Å². The molecule has 0 N–H and O–H groups in total. The molecule has 1 aliphatic rings. The second-order valence-corrected chi connectivity index (χ2v) is 7.22. The molecule has 1 aliphatic heterocycles. The van der Waals surface area contributed by atoms with Crippen LogP contribution >= 0.6 is 0 Å². The van der Waals surface area contributed by atoms with Gasteiger partial charge in [-0.05, 0) is 38.5 Å². The Balaban J connectivity index is 1.40. The number of hydrogen-bond acceptors (Lipinski definition) is 6. The number of amides is 1. The summed E-state index contributed by atoms with van der Waals surface area (Å²) < 4.78 is 13.0. The van der Waals surface area contributed by atoms with Crippen molar-refractivity contribution in [3.8, 4) is 11.3 Å². The van der Waals surface area contributed by atoms with Crippen LogP contribution in [0.3, 0.4) is 0 Å². The van der Waals surface area contributed by atoms with Gasteiger partial charge in [-0.2, -0.15) is 5.10 Å². The van der Waals surface area contributed by atoms with E-state index >= 15 is 0 Å². The second kappa shape index (κ2) is 8.57. The minimum atomic E-state index is -0.237. The fraction of sp³-hybridized carbons (Fsp3) is 0.429. The molecule has 1 amide bonds. The lowest BCUT2D eigenvalue weighted by Crippen LogP contribution is -2.42. The number of rotatable bonds is 6. The largest absolute Gasteiger partial charge is 0.368 e. The van der Waals surface area contributed by atoms with Crippen LogP contribution in [0.4, 0.5) is 0 Å². The van der Waals surface area contributed by atoms with Crippen molar-refractivity contribution in [2.45, 2.75) is 39.3 Å². The van der Waals surface area contributed by atoms with Crippen molar-refractivity contribution in [3.05, 3.63) is 53.8 Å². The van der Waals surface area contributed by atoms with E-state index in [1.54, 1.807) is 6.20 Å². The van der Waals surface area contributed by atoms with Gasteiger partial charge in [-0.3, -0.25) is 9.48 Å². The van der Waals surface area contributed by atoms with Gasteiger partial charge >= 0.3 is 0 Å². The van der Waals surface area contributed by atoms with Crippen LogP contribution in [0.1, 0.15) is 36.1 Å². The molecule has 29 heavy (non-hydrogen) atoms. The van der Waals surface area contributed by atoms with Crippen LogP contribution < -0.4 is 0 Å². The zero-order valence-electron chi connectivity index (χ0n) is 16.7. The molecule has 4 heterocycles. The Bertz CT molecular complexity index is 947. The van der Waals surface area contributed by atoms with Crippen LogP contribution in [0.5, 0.6) is 0 Å². The number of ether oxygens (including phenoxy) is 1. The number of carbonyl (C=O) groups excluding carboxylic acids is 1. The molecule has 1 fully saturated rings. The lowest BCUT2D eigenvalue weighted by atomic mass is 10.1. The number of pyridine rings is 1. The van der Waals surface area contributed by atoms with E-state index in [-0.39, 0.29) is 12.0 Å². The standard InChI is InChI=1S/C21H25N5O3/c1-15-21(16(2)29-24-15)18-7-3-6-17(23-18)19-14-25(12-13-28-19)20(27)8-4-10-26-11-5-9-22-26/h3,5-7,9,11,19H,4,8,10,12-14H2,1-2H3/t19-/m0/s1. The average molecular weight is 395 g/mol. The fourth-order valence-corrected chi connectivity index (χ4v) is 3.66. The topological polar surface area (TPSA) is 86.3 Å². The van der Waals surface area contributed by atoms with Gasteiger partial charge in [-0.25, -0.2) is 4.98 Å². The highest BCUT2D eigenvalue weighted by molar-refractivity contribution is 5.76. The van der Waals surface area contributed by atoms with Gasteiger partial charge < -0.3 is 14.2 Å². The van der Waals surface area contributed by atoms with E-state index in [1.165, 1.54) is 0 Å². The molecule has 0 radical (unpaired) electrons. The molecule has 0 spiro atoms. The quantitative estimate of drug-likeness (QED) is 0.638. The van der Waals surface area contributed by atoms with Crippen molar-refractivity contribution in [3.63, 3.8) is 0 Å². The summed E-state index contributed by atoms with van der Waals surface area (Å²) in [7, 11) is 0. The summed E-state index contributed by atoms with van der Waals surface area (Å²) in [5, 5.41) is 8.18. The smallest absolute Gasteiger partial charge is 0.222 e. The molecular weight excluding hydrogens is 370 g/mol. The Labute approximate surface area is 169 Å². The first-order valence-electron chi connectivity index (χ1n) is 9.89. The zero-order chi connectivity index (χ0) is 20.2. The number of aryl methyl sites for hydroxylation is 3. The Morgan fingerprint density at radius 3 is 2.93 bits per heavy atom. The third kappa shape index (κ3) is 4.37. The molecule has 0 saturated carbocycles. The Hall–Kier alpha value is -3.00. The first-order chi connectivity index (χ1) is 14.1. The number of hydrogen-bond donors (Lipinski definition) is 0. The second-order valence-electron chi connectivity index (χ2n) is 7.22. The summed E-state index contributed by atoms with van der Waals surface area (Å²) in [6, 6.07) is 7.73. The minimum Gasteiger partial charge on any atom is -0.368 e. The summed E-state index contributed by atoms with van der Waals surface area (Å²) in [6.45, 7) is 6.16. The van der Waals surface area contributed by atoms with E-state index in [9.17, 15) is 4.79 Å². The summed E-state index contributed by atoms with van der Waals surface area (Å²) in [6.07, 6.45) is 4.69. The third-order valence-corrected chi connectivity index (χ3v) is 5.15. The molecular formula is C21H25N5O3. The minimum absolute atomic E-state index is 0.146. The van der Waals surface area contributed by atoms with Gasteiger partial charge in [0.15, 0.2) is 0 Å². The van der Waals surface area contributed by atoms with Crippen LogP contribution in [0.25, 0.3) is 11.3 Å². The predicted octanol–water partition coefficient (Wildman–Crippen LogP) is 2.93.